The summed E-state index contributed by atoms with van der Waals surface area (Å²) in [5, 5.41) is 3.49. The molecule has 1 aliphatic heterocycles. The number of piperidine rings is 1. The maximum atomic E-state index is 13.2. The lowest BCUT2D eigenvalue weighted by Gasteiger charge is -2.46. The van der Waals surface area contributed by atoms with Gasteiger partial charge in [0, 0.05) is 30.2 Å². The molecule has 0 aromatic heterocycles. The molecule has 1 aliphatic rings. The van der Waals surface area contributed by atoms with Gasteiger partial charge in [0.05, 0.1) is 16.3 Å². The maximum Gasteiger partial charge on any atom is 0.255 e. The van der Waals surface area contributed by atoms with Crippen LogP contribution >= 0.6 is 11.6 Å². The van der Waals surface area contributed by atoms with Crippen molar-refractivity contribution in [3.63, 3.8) is 0 Å². The van der Waals surface area contributed by atoms with Crippen molar-refractivity contribution in [3.05, 3.63) is 64.7 Å². The highest BCUT2D eigenvalue weighted by Crippen LogP contribution is 2.41. The van der Waals surface area contributed by atoms with Crippen molar-refractivity contribution in [2.24, 2.45) is 0 Å². The molecule has 1 amide bonds. The first-order chi connectivity index (χ1) is 15.2. The standard InChI is InChI=1S/C24H32ClN3O3S/c1-3-17-32(30,31)28-15-13-24(14-16-28,18-9-6-5-7-10-18)21(4-2)27-23(29)22-19(25)11-8-12-20(22)26/h5-12,21H,3-4,13-17,26H2,1-2H3,(H,27,29). The summed E-state index contributed by atoms with van der Waals surface area (Å²) in [5.41, 5.74) is 7.36. The van der Waals surface area contributed by atoms with Gasteiger partial charge in [-0.2, -0.15) is 0 Å². The maximum absolute atomic E-state index is 13.2. The highest BCUT2D eigenvalue weighted by molar-refractivity contribution is 7.89. The molecule has 1 unspecified atom stereocenters. The van der Waals surface area contributed by atoms with Gasteiger partial charge in [-0.3, -0.25) is 4.79 Å². The number of carbonyl (C=O) groups excluding carboxylic acids is 1. The molecule has 0 spiro atoms. The Balaban J connectivity index is 1.93. The zero-order chi connectivity index (χ0) is 23.4. The number of nitrogens with one attached hydrogen (secondary N) is 1. The van der Waals surface area contributed by atoms with Gasteiger partial charge in [-0.25, -0.2) is 12.7 Å². The summed E-state index contributed by atoms with van der Waals surface area (Å²) in [7, 11) is -3.26. The molecule has 1 atom stereocenters. The van der Waals surface area contributed by atoms with E-state index in [1.54, 1.807) is 22.5 Å². The van der Waals surface area contributed by atoms with Gasteiger partial charge < -0.3 is 11.1 Å². The lowest BCUT2D eigenvalue weighted by atomic mass is 9.67. The van der Waals surface area contributed by atoms with Crippen molar-refractivity contribution < 1.29 is 13.2 Å². The number of carbonyl (C=O) groups is 1. The van der Waals surface area contributed by atoms with Crippen molar-refractivity contribution in [3.8, 4) is 0 Å². The van der Waals surface area contributed by atoms with Crippen molar-refractivity contribution in [1.82, 2.24) is 9.62 Å². The molecule has 3 N–H and O–H groups in total. The summed E-state index contributed by atoms with van der Waals surface area (Å²) >= 11 is 6.27. The van der Waals surface area contributed by atoms with Crippen LogP contribution in [0, 0.1) is 0 Å². The Morgan fingerprint density at radius 3 is 2.34 bits per heavy atom. The highest BCUT2D eigenvalue weighted by Gasteiger charge is 2.44. The number of anilines is 1. The molecule has 1 saturated heterocycles. The van der Waals surface area contributed by atoms with Crippen LogP contribution in [0.2, 0.25) is 5.02 Å². The fourth-order valence-electron chi connectivity index (χ4n) is 4.80. The number of nitrogens with zero attached hydrogens (tertiary/aromatic N) is 1. The van der Waals surface area contributed by atoms with Gasteiger partial charge in [0.25, 0.3) is 5.91 Å². The fraction of sp³-hybridized carbons (Fsp3) is 0.458. The number of hydrogen-bond donors (Lipinski definition) is 2. The predicted molar refractivity (Wildman–Crippen MR) is 130 cm³/mol. The summed E-state index contributed by atoms with van der Waals surface area (Å²) in [4.78, 5) is 13.2. The Labute approximate surface area is 196 Å². The van der Waals surface area contributed by atoms with Crippen LogP contribution in [0.15, 0.2) is 48.5 Å². The van der Waals surface area contributed by atoms with E-state index >= 15 is 0 Å². The van der Waals surface area contributed by atoms with Crippen molar-refractivity contribution in [2.75, 3.05) is 24.6 Å². The first kappa shape index (κ1) is 24.6. The third-order valence-corrected chi connectivity index (χ3v) is 8.86. The lowest BCUT2D eigenvalue weighted by molar-refractivity contribution is 0.0882. The van der Waals surface area contributed by atoms with Crippen LogP contribution < -0.4 is 11.1 Å². The summed E-state index contributed by atoms with van der Waals surface area (Å²) in [5.74, 6) is -0.151. The van der Waals surface area contributed by atoms with E-state index in [-0.39, 0.29) is 28.7 Å². The monoisotopic (exact) mass is 477 g/mol. The molecular formula is C24H32ClN3O3S. The molecule has 0 bridgehead atoms. The Bertz CT molecular complexity index is 1020. The SMILES string of the molecule is CCCS(=O)(=O)N1CCC(c2ccccc2)(C(CC)NC(=O)c2c(N)cccc2Cl)CC1. The summed E-state index contributed by atoms with van der Waals surface area (Å²) in [6.07, 6.45) is 2.52. The molecule has 8 heteroatoms. The van der Waals surface area contributed by atoms with Gasteiger partial charge in [-0.05, 0) is 43.4 Å². The highest BCUT2D eigenvalue weighted by atomic mass is 35.5. The zero-order valence-corrected chi connectivity index (χ0v) is 20.3. The molecule has 2 aromatic rings. The first-order valence-electron chi connectivity index (χ1n) is 11.1. The molecule has 174 valence electrons. The second-order valence-corrected chi connectivity index (χ2v) is 10.9. The van der Waals surface area contributed by atoms with Crippen LogP contribution in [0.1, 0.15) is 55.5 Å². The molecule has 1 heterocycles. The largest absolute Gasteiger partial charge is 0.398 e. The van der Waals surface area contributed by atoms with Crippen molar-refractivity contribution in [2.45, 2.75) is 51.0 Å². The second kappa shape index (κ2) is 10.2. The predicted octanol–water partition coefficient (Wildman–Crippen LogP) is 4.20. The van der Waals surface area contributed by atoms with E-state index in [4.69, 9.17) is 17.3 Å². The number of hydrogen-bond acceptors (Lipinski definition) is 4. The zero-order valence-electron chi connectivity index (χ0n) is 18.7. The minimum Gasteiger partial charge on any atom is -0.398 e. The average Bonchev–Trinajstić information content (AvgIpc) is 2.78. The molecule has 0 radical (unpaired) electrons. The van der Waals surface area contributed by atoms with E-state index in [1.807, 2.05) is 32.0 Å². The van der Waals surface area contributed by atoms with Crippen LogP contribution in [0.3, 0.4) is 0 Å². The van der Waals surface area contributed by atoms with Gasteiger partial charge in [0.15, 0.2) is 0 Å². The third kappa shape index (κ3) is 4.95. The number of nitrogen functional groups attached to an aromatic ring is 1. The molecule has 2 aromatic carbocycles. The van der Waals surface area contributed by atoms with Gasteiger partial charge in [-0.1, -0.05) is 61.8 Å². The fourth-order valence-corrected chi connectivity index (χ4v) is 6.58. The molecule has 3 rings (SSSR count). The van der Waals surface area contributed by atoms with Crippen LogP contribution in [0.25, 0.3) is 0 Å². The average molecular weight is 478 g/mol. The Morgan fingerprint density at radius 1 is 1.12 bits per heavy atom. The number of halogens is 1. The van der Waals surface area contributed by atoms with Crippen LogP contribution in [-0.4, -0.2) is 43.5 Å². The minimum atomic E-state index is -3.26. The number of amides is 1. The van der Waals surface area contributed by atoms with E-state index in [2.05, 4.69) is 17.4 Å². The Morgan fingerprint density at radius 2 is 1.78 bits per heavy atom. The molecule has 0 saturated carbocycles. The quantitative estimate of drug-likeness (QED) is 0.557. The Kier molecular flexibility index (Phi) is 7.85. The molecule has 6 nitrogen and oxygen atoms in total. The molecular weight excluding hydrogens is 446 g/mol. The normalized spacial score (nSPS) is 17.6. The molecule has 1 fully saturated rings. The van der Waals surface area contributed by atoms with Crippen LogP contribution in [0.5, 0.6) is 0 Å². The van der Waals surface area contributed by atoms with Gasteiger partial charge in [0.1, 0.15) is 0 Å². The van der Waals surface area contributed by atoms with E-state index in [9.17, 15) is 13.2 Å². The number of rotatable bonds is 8. The third-order valence-electron chi connectivity index (χ3n) is 6.47. The van der Waals surface area contributed by atoms with Crippen molar-refractivity contribution in [1.29, 1.82) is 0 Å². The molecule has 32 heavy (non-hydrogen) atoms. The summed E-state index contributed by atoms with van der Waals surface area (Å²) in [6, 6.07) is 14.9. The Hall–Kier alpha value is -2.09. The van der Waals surface area contributed by atoms with Crippen LogP contribution in [-0.2, 0) is 15.4 Å². The smallest absolute Gasteiger partial charge is 0.255 e. The number of sulfonamides is 1. The first-order valence-corrected chi connectivity index (χ1v) is 13.1. The van der Waals surface area contributed by atoms with Gasteiger partial charge in [0.2, 0.25) is 10.0 Å². The second-order valence-electron chi connectivity index (χ2n) is 8.38. The van der Waals surface area contributed by atoms with Crippen LogP contribution in [0.4, 0.5) is 5.69 Å². The van der Waals surface area contributed by atoms with Gasteiger partial charge in [-0.15, -0.1) is 0 Å². The van der Waals surface area contributed by atoms with E-state index < -0.39 is 10.0 Å². The van der Waals surface area contributed by atoms with E-state index in [0.717, 1.165) is 5.56 Å². The minimum absolute atomic E-state index is 0.158. The van der Waals surface area contributed by atoms with E-state index in [1.165, 1.54) is 0 Å². The molecule has 0 aliphatic carbocycles. The lowest BCUT2D eigenvalue weighted by Crippen LogP contribution is -2.56. The van der Waals surface area contributed by atoms with Gasteiger partial charge >= 0.3 is 0 Å². The number of nitrogens with two attached hydrogens (primary N) is 1. The summed E-state index contributed by atoms with van der Waals surface area (Å²) < 4.78 is 26.9. The topological polar surface area (TPSA) is 92.5 Å². The number of benzene rings is 2. The van der Waals surface area contributed by atoms with Crippen molar-refractivity contribution >= 4 is 33.2 Å². The summed E-state index contributed by atoms with van der Waals surface area (Å²) in [6.45, 7) is 4.76. The van der Waals surface area contributed by atoms with E-state index in [0.29, 0.717) is 49.5 Å².